The molecule has 182 valence electrons. The van der Waals surface area contributed by atoms with Crippen LogP contribution in [0.25, 0.3) is 11.2 Å². The van der Waals surface area contributed by atoms with Gasteiger partial charge in [-0.25, -0.2) is 9.97 Å². The molecule has 0 bridgehead atoms. The van der Waals surface area contributed by atoms with Crippen LogP contribution in [-0.4, -0.2) is 64.9 Å². The summed E-state index contributed by atoms with van der Waals surface area (Å²) in [5, 5.41) is 4.26. The molecule has 8 nitrogen and oxygen atoms in total. The Kier molecular flexibility index (Phi) is 7.46. The first-order valence-electron chi connectivity index (χ1n) is 11.9. The van der Waals surface area contributed by atoms with Gasteiger partial charge >= 0.3 is 0 Å². The quantitative estimate of drug-likeness (QED) is 0.351. The average Bonchev–Trinajstić information content (AvgIpc) is 3.23. The topological polar surface area (TPSA) is 77.3 Å². The van der Waals surface area contributed by atoms with E-state index in [0.717, 1.165) is 65.3 Å². The Labute approximate surface area is 209 Å². The highest BCUT2D eigenvalue weighted by atomic mass is 32.2. The maximum Gasteiger partial charge on any atom is 0.229 e. The molecular weight excluding hydrogens is 460 g/mol. The van der Waals surface area contributed by atoms with E-state index in [1.54, 1.807) is 18.0 Å². The van der Waals surface area contributed by atoms with E-state index >= 15 is 0 Å². The smallest absolute Gasteiger partial charge is 0.229 e. The number of fused-ring (bicyclic) bond motifs is 1. The number of nitrogens with one attached hydrogen (secondary N) is 1. The van der Waals surface area contributed by atoms with E-state index in [2.05, 4.69) is 31.9 Å². The number of anilines is 2. The normalized spacial score (nSPS) is 14.5. The first-order valence-corrected chi connectivity index (χ1v) is 12.7. The Balaban J connectivity index is 1.39. The molecule has 0 amide bonds. The third kappa shape index (κ3) is 5.93. The number of aromatic nitrogens is 4. The molecule has 1 aliphatic rings. The van der Waals surface area contributed by atoms with Gasteiger partial charge in [-0.05, 0) is 63.3 Å². The highest BCUT2D eigenvalue weighted by molar-refractivity contribution is 7.99. The van der Waals surface area contributed by atoms with Crippen LogP contribution in [0.5, 0.6) is 5.75 Å². The lowest BCUT2D eigenvalue weighted by Crippen LogP contribution is -2.20. The van der Waals surface area contributed by atoms with Crippen LogP contribution in [0.4, 0.5) is 11.6 Å². The van der Waals surface area contributed by atoms with Gasteiger partial charge in [0.25, 0.3) is 0 Å². The molecule has 1 aliphatic heterocycles. The van der Waals surface area contributed by atoms with Crippen LogP contribution < -0.4 is 10.1 Å². The molecule has 5 rings (SSSR count). The Morgan fingerprint density at radius 2 is 1.83 bits per heavy atom. The molecule has 0 spiro atoms. The Hall–Kier alpha value is -3.14. The molecule has 1 fully saturated rings. The minimum Gasteiger partial charge on any atom is -0.492 e. The van der Waals surface area contributed by atoms with Gasteiger partial charge < -0.3 is 19.7 Å². The van der Waals surface area contributed by atoms with Crippen molar-refractivity contribution in [2.24, 2.45) is 0 Å². The minimum atomic E-state index is 0.293. The van der Waals surface area contributed by atoms with Crippen LogP contribution in [0, 0.1) is 0 Å². The third-order valence-electron chi connectivity index (χ3n) is 5.83. The maximum absolute atomic E-state index is 5.79. The van der Waals surface area contributed by atoms with E-state index in [4.69, 9.17) is 19.4 Å². The molecule has 0 unspecified atom stereocenters. The van der Waals surface area contributed by atoms with E-state index in [9.17, 15) is 0 Å². The SMILES string of the molecule is CN(C)CCOc1ccc(Nc2ncc3nc(Sc4ccccc4)n(C4CCOCC4)c3n2)cc1. The Bertz CT molecular complexity index is 1240. The predicted octanol–water partition coefficient (Wildman–Crippen LogP) is 5.01. The molecule has 2 aromatic carbocycles. The van der Waals surface area contributed by atoms with Crippen molar-refractivity contribution in [3.8, 4) is 5.75 Å². The van der Waals surface area contributed by atoms with Crippen molar-refractivity contribution in [1.82, 2.24) is 24.4 Å². The van der Waals surface area contributed by atoms with Crippen molar-refractivity contribution in [3.63, 3.8) is 0 Å². The van der Waals surface area contributed by atoms with Gasteiger partial charge in [-0.15, -0.1) is 0 Å². The molecule has 9 heteroatoms. The van der Waals surface area contributed by atoms with Gasteiger partial charge in [0.1, 0.15) is 17.9 Å². The van der Waals surface area contributed by atoms with Crippen molar-refractivity contribution in [2.75, 3.05) is 45.8 Å². The first-order chi connectivity index (χ1) is 17.2. The molecule has 0 aliphatic carbocycles. The van der Waals surface area contributed by atoms with Crippen LogP contribution in [0.2, 0.25) is 0 Å². The summed E-state index contributed by atoms with van der Waals surface area (Å²) >= 11 is 1.66. The van der Waals surface area contributed by atoms with Crippen molar-refractivity contribution >= 4 is 34.6 Å². The lowest BCUT2D eigenvalue weighted by atomic mass is 10.1. The van der Waals surface area contributed by atoms with Gasteiger partial charge in [-0.2, -0.15) is 4.98 Å². The monoisotopic (exact) mass is 490 g/mol. The number of benzene rings is 2. The van der Waals surface area contributed by atoms with Crippen LogP contribution in [0.1, 0.15) is 18.9 Å². The first kappa shape index (κ1) is 23.6. The third-order valence-corrected chi connectivity index (χ3v) is 6.80. The molecule has 4 aromatic rings. The molecule has 3 heterocycles. The standard InChI is InChI=1S/C26H30N6O2S/c1-31(2)14-17-34-21-10-8-19(9-11-21)28-25-27-18-23-24(30-25)32(20-12-15-33-16-13-20)26(29-23)35-22-6-4-3-5-7-22/h3-11,18,20H,12-17H2,1-2H3,(H,27,28,30). The number of likely N-dealkylation sites (N-methyl/N-ethyl adjacent to an activating group) is 1. The number of nitrogens with zero attached hydrogens (tertiary/aromatic N) is 5. The summed E-state index contributed by atoms with van der Waals surface area (Å²) in [5.74, 6) is 1.39. The number of ether oxygens (including phenoxy) is 2. The summed E-state index contributed by atoms with van der Waals surface area (Å²) < 4.78 is 13.7. The van der Waals surface area contributed by atoms with E-state index in [1.165, 1.54) is 0 Å². The average molecular weight is 491 g/mol. The number of imidazole rings is 1. The van der Waals surface area contributed by atoms with Gasteiger partial charge in [0.2, 0.25) is 5.95 Å². The fraction of sp³-hybridized carbons (Fsp3) is 0.346. The molecule has 0 radical (unpaired) electrons. The van der Waals surface area contributed by atoms with E-state index in [1.807, 2.05) is 56.6 Å². The van der Waals surface area contributed by atoms with Gasteiger partial charge in [0, 0.05) is 36.4 Å². The van der Waals surface area contributed by atoms with Crippen LogP contribution >= 0.6 is 11.8 Å². The summed E-state index contributed by atoms with van der Waals surface area (Å²) in [5.41, 5.74) is 2.54. The summed E-state index contributed by atoms with van der Waals surface area (Å²) in [7, 11) is 4.06. The van der Waals surface area contributed by atoms with Gasteiger partial charge in [-0.1, -0.05) is 30.0 Å². The van der Waals surface area contributed by atoms with E-state index in [-0.39, 0.29) is 0 Å². The van der Waals surface area contributed by atoms with Gasteiger partial charge in [0.15, 0.2) is 10.8 Å². The zero-order valence-electron chi connectivity index (χ0n) is 20.1. The highest BCUT2D eigenvalue weighted by Crippen LogP contribution is 2.35. The molecule has 0 saturated carbocycles. The fourth-order valence-corrected chi connectivity index (χ4v) is 4.96. The number of hydrogen-bond acceptors (Lipinski definition) is 8. The second-order valence-electron chi connectivity index (χ2n) is 8.73. The number of rotatable bonds is 9. The predicted molar refractivity (Wildman–Crippen MR) is 139 cm³/mol. The van der Waals surface area contributed by atoms with Crippen molar-refractivity contribution in [3.05, 3.63) is 60.8 Å². The lowest BCUT2D eigenvalue weighted by molar-refractivity contribution is 0.0683. The minimum absolute atomic E-state index is 0.293. The second kappa shape index (κ2) is 11.1. The zero-order chi connectivity index (χ0) is 24.0. The molecule has 1 saturated heterocycles. The molecule has 35 heavy (non-hydrogen) atoms. The summed E-state index contributed by atoms with van der Waals surface area (Å²) in [6.45, 7) is 3.02. The summed E-state index contributed by atoms with van der Waals surface area (Å²) in [6.07, 6.45) is 3.68. The van der Waals surface area contributed by atoms with Crippen LogP contribution in [0.3, 0.4) is 0 Å². The Morgan fingerprint density at radius 1 is 1.06 bits per heavy atom. The fourth-order valence-electron chi connectivity index (χ4n) is 3.98. The Morgan fingerprint density at radius 3 is 2.57 bits per heavy atom. The zero-order valence-corrected chi connectivity index (χ0v) is 20.9. The molecular formula is C26H30N6O2S. The van der Waals surface area contributed by atoms with Crippen molar-refractivity contribution in [2.45, 2.75) is 28.9 Å². The highest BCUT2D eigenvalue weighted by Gasteiger charge is 2.24. The largest absolute Gasteiger partial charge is 0.492 e. The lowest BCUT2D eigenvalue weighted by Gasteiger charge is -2.25. The van der Waals surface area contributed by atoms with Crippen molar-refractivity contribution < 1.29 is 9.47 Å². The van der Waals surface area contributed by atoms with Gasteiger partial charge in [0.05, 0.1) is 6.20 Å². The second-order valence-corrected chi connectivity index (χ2v) is 9.77. The van der Waals surface area contributed by atoms with Crippen molar-refractivity contribution in [1.29, 1.82) is 0 Å². The molecule has 0 atom stereocenters. The summed E-state index contributed by atoms with van der Waals surface area (Å²) in [6, 6.07) is 18.5. The van der Waals surface area contributed by atoms with E-state index in [0.29, 0.717) is 18.6 Å². The van der Waals surface area contributed by atoms with Crippen LogP contribution in [-0.2, 0) is 4.74 Å². The molecule has 1 N–H and O–H groups in total. The van der Waals surface area contributed by atoms with E-state index < -0.39 is 0 Å². The summed E-state index contributed by atoms with van der Waals surface area (Å²) in [4.78, 5) is 17.6. The molecule has 2 aromatic heterocycles. The van der Waals surface area contributed by atoms with Crippen LogP contribution in [0.15, 0.2) is 70.8 Å². The maximum atomic E-state index is 5.79. The van der Waals surface area contributed by atoms with Gasteiger partial charge in [-0.3, -0.25) is 4.57 Å². The number of hydrogen-bond donors (Lipinski definition) is 1.